The Kier molecular flexibility index (Phi) is 11.9. The van der Waals surface area contributed by atoms with Gasteiger partial charge in [-0.3, -0.25) is 0 Å². The highest BCUT2D eigenvalue weighted by Crippen LogP contribution is 2.20. The van der Waals surface area contributed by atoms with E-state index >= 15 is 0 Å². The zero-order valence-electron chi connectivity index (χ0n) is 10.1. The highest BCUT2D eigenvalue weighted by Gasteiger charge is 2.07. The summed E-state index contributed by atoms with van der Waals surface area (Å²) in [7, 11) is 0. The molecule has 92 valence electrons. The lowest BCUT2D eigenvalue weighted by Gasteiger charge is -2.16. The van der Waals surface area contributed by atoms with E-state index < -0.39 is 0 Å². The first-order valence-electron chi connectivity index (χ1n) is 6.45. The Bertz CT molecular complexity index is 107. The molecule has 0 atom stereocenters. The Labute approximate surface area is 94.8 Å². The molecule has 0 aliphatic rings. The summed E-state index contributed by atoms with van der Waals surface area (Å²) in [6.07, 6.45) is 9.96. The van der Waals surface area contributed by atoms with Gasteiger partial charge in [0.25, 0.3) is 0 Å². The van der Waals surface area contributed by atoms with Crippen LogP contribution < -0.4 is 17.2 Å². The van der Waals surface area contributed by atoms with E-state index in [1.54, 1.807) is 0 Å². The van der Waals surface area contributed by atoms with Crippen LogP contribution in [0.2, 0.25) is 0 Å². The van der Waals surface area contributed by atoms with E-state index in [9.17, 15) is 0 Å². The number of nitrogens with two attached hydrogens (primary N) is 3. The van der Waals surface area contributed by atoms with E-state index in [1.165, 1.54) is 32.1 Å². The van der Waals surface area contributed by atoms with E-state index in [2.05, 4.69) is 0 Å². The Balaban J connectivity index is 3.53. The molecular formula is C12H29N3. The fourth-order valence-corrected chi connectivity index (χ4v) is 1.99. The number of hydrogen-bond donors (Lipinski definition) is 3. The molecule has 0 aliphatic heterocycles. The minimum atomic E-state index is 0.824. The van der Waals surface area contributed by atoms with Crippen molar-refractivity contribution in [2.75, 3.05) is 19.6 Å². The molecule has 0 rings (SSSR count). The van der Waals surface area contributed by atoms with Gasteiger partial charge in [0.05, 0.1) is 0 Å². The van der Waals surface area contributed by atoms with Gasteiger partial charge in [-0.1, -0.05) is 25.7 Å². The average Bonchev–Trinajstić information content (AvgIpc) is 2.25. The zero-order chi connectivity index (χ0) is 11.4. The van der Waals surface area contributed by atoms with Crippen molar-refractivity contribution in [2.24, 2.45) is 23.1 Å². The largest absolute Gasteiger partial charge is 0.330 e. The molecule has 0 amide bonds. The third kappa shape index (κ3) is 10.2. The summed E-state index contributed by atoms with van der Waals surface area (Å²) in [6, 6.07) is 0. The quantitative estimate of drug-likeness (QED) is 0.458. The van der Waals surface area contributed by atoms with Crippen molar-refractivity contribution >= 4 is 0 Å². The molecular weight excluding hydrogens is 186 g/mol. The van der Waals surface area contributed by atoms with Gasteiger partial charge in [0.1, 0.15) is 0 Å². The van der Waals surface area contributed by atoms with Gasteiger partial charge in [0, 0.05) is 0 Å². The molecule has 3 heteroatoms. The van der Waals surface area contributed by atoms with E-state index in [0.29, 0.717) is 0 Å². The van der Waals surface area contributed by atoms with Crippen LogP contribution in [0.15, 0.2) is 0 Å². The van der Waals surface area contributed by atoms with Gasteiger partial charge in [-0.2, -0.15) is 0 Å². The maximum Gasteiger partial charge on any atom is -0.00772 e. The first-order valence-corrected chi connectivity index (χ1v) is 6.45. The van der Waals surface area contributed by atoms with Crippen molar-refractivity contribution in [3.8, 4) is 0 Å². The number of unbranched alkanes of at least 4 members (excludes halogenated alkanes) is 2. The molecule has 0 aromatic carbocycles. The third-order valence-corrected chi connectivity index (χ3v) is 2.95. The van der Waals surface area contributed by atoms with Gasteiger partial charge in [-0.25, -0.2) is 0 Å². The zero-order valence-corrected chi connectivity index (χ0v) is 10.1. The second kappa shape index (κ2) is 12.0. The summed E-state index contributed by atoms with van der Waals surface area (Å²) in [6.45, 7) is 2.48. The van der Waals surface area contributed by atoms with Gasteiger partial charge < -0.3 is 17.2 Å². The Morgan fingerprint density at radius 1 is 0.533 bits per heavy atom. The van der Waals surface area contributed by atoms with Crippen LogP contribution in [-0.2, 0) is 0 Å². The van der Waals surface area contributed by atoms with E-state index in [0.717, 1.165) is 44.8 Å². The second-order valence-electron chi connectivity index (χ2n) is 4.37. The summed E-state index contributed by atoms with van der Waals surface area (Å²) < 4.78 is 0. The fraction of sp³-hybridized carbons (Fsp3) is 1.00. The first-order chi connectivity index (χ1) is 7.35. The third-order valence-electron chi connectivity index (χ3n) is 2.95. The minimum absolute atomic E-state index is 0.824. The SMILES string of the molecule is NCCCCC(CCCN)CCCCN. The average molecular weight is 215 g/mol. The molecule has 0 heterocycles. The smallest absolute Gasteiger partial charge is 0.00772 e. The van der Waals surface area contributed by atoms with Crippen LogP contribution in [0.3, 0.4) is 0 Å². The van der Waals surface area contributed by atoms with E-state index in [-0.39, 0.29) is 0 Å². The molecule has 3 nitrogen and oxygen atoms in total. The molecule has 0 aliphatic carbocycles. The molecule has 0 aromatic rings. The lowest BCUT2D eigenvalue weighted by atomic mass is 9.91. The van der Waals surface area contributed by atoms with Gasteiger partial charge in [-0.05, 0) is 51.2 Å². The van der Waals surface area contributed by atoms with Crippen molar-refractivity contribution in [3.63, 3.8) is 0 Å². The van der Waals surface area contributed by atoms with Crippen molar-refractivity contribution < 1.29 is 0 Å². The molecule has 0 saturated carbocycles. The van der Waals surface area contributed by atoms with Gasteiger partial charge in [-0.15, -0.1) is 0 Å². The Hall–Kier alpha value is -0.120. The molecule has 0 radical (unpaired) electrons. The fourth-order valence-electron chi connectivity index (χ4n) is 1.99. The Morgan fingerprint density at radius 2 is 0.933 bits per heavy atom. The predicted molar refractivity (Wildman–Crippen MR) is 67.6 cm³/mol. The van der Waals surface area contributed by atoms with Crippen LogP contribution in [0.5, 0.6) is 0 Å². The summed E-state index contributed by atoms with van der Waals surface area (Å²) in [5.41, 5.74) is 16.5. The van der Waals surface area contributed by atoms with Crippen LogP contribution >= 0.6 is 0 Å². The van der Waals surface area contributed by atoms with Crippen LogP contribution in [-0.4, -0.2) is 19.6 Å². The summed E-state index contributed by atoms with van der Waals surface area (Å²) >= 11 is 0. The minimum Gasteiger partial charge on any atom is -0.330 e. The van der Waals surface area contributed by atoms with Gasteiger partial charge >= 0.3 is 0 Å². The van der Waals surface area contributed by atoms with Crippen molar-refractivity contribution in [2.45, 2.75) is 51.4 Å². The maximum absolute atomic E-state index is 5.55. The van der Waals surface area contributed by atoms with Crippen LogP contribution in [0, 0.1) is 5.92 Å². The monoisotopic (exact) mass is 215 g/mol. The van der Waals surface area contributed by atoms with Crippen LogP contribution in [0.25, 0.3) is 0 Å². The summed E-state index contributed by atoms with van der Waals surface area (Å²) in [5.74, 6) is 0.853. The molecule has 6 N–H and O–H groups in total. The molecule has 15 heavy (non-hydrogen) atoms. The first kappa shape index (κ1) is 14.9. The molecule has 0 saturated heterocycles. The van der Waals surface area contributed by atoms with Gasteiger partial charge in [0.2, 0.25) is 0 Å². The number of rotatable bonds is 11. The topological polar surface area (TPSA) is 78.1 Å². The van der Waals surface area contributed by atoms with Crippen LogP contribution in [0.1, 0.15) is 51.4 Å². The standard InChI is InChI=1S/C12H29N3/c13-9-3-1-6-12(8-5-11-15)7-2-4-10-14/h12H,1-11,13-15H2. The lowest BCUT2D eigenvalue weighted by molar-refractivity contribution is 0.382. The number of hydrogen-bond acceptors (Lipinski definition) is 3. The van der Waals surface area contributed by atoms with Crippen molar-refractivity contribution in [1.82, 2.24) is 0 Å². The van der Waals surface area contributed by atoms with Crippen molar-refractivity contribution in [3.05, 3.63) is 0 Å². The Morgan fingerprint density at radius 3 is 1.33 bits per heavy atom. The molecule has 0 fully saturated rings. The molecule has 0 unspecified atom stereocenters. The van der Waals surface area contributed by atoms with Crippen LogP contribution in [0.4, 0.5) is 0 Å². The summed E-state index contributed by atoms with van der Waals surface area (Å²) in [4.78, 5) is 0. The predicted octanol–water partition coefficient (Wildman–Crippen LogP) is 1.60. The highest BCUT2D eigenvalue weighted by atomic mass is 14.5. The van der Waals surface area contributed by atoms with E-state index in [1.807, 2.05) is 0 Å². The molecule has 0 bridgehead atoms. The highest BCUT2D eigenvalue weighted by molar-refractivity contribution is 4.61. The van der Waals surface area contributed by atoms with Crippen molar-refractivity contribution in [1.29, 1.82) is 0 Å². The lowest BCUT2D eigenvalue weighted by Crippen LogP contribution is -2.08. The normalized spacial score (nSPS) is 11.2. The maximum atomic E-state index is 5.55. The second-order valence-corrected chi connectivity index (χ2v) is 4.37. The van der Waals surface area contributed by atoms with Gasteiger partial charge in [0.15, 0.2) is 0 Å². The molecule has 0 aromatic heterocycles. The summed E-state index contributed by atoms with van der Waals surface area (Å²) in [5, 5.41) is 0. The van der Waals surface area contributed by atoms with E-state index in [4.69, 9.17) is 17.2 Å². The molecule has 0 spiro atoms.